The van der Waals surface area contributed by atoms with Crippen molar-refractivity contribution in [1.29, 1.82) is 5.26 Å². The quantitative estimate of drug-likeness (QED) is 0.747. The molecule has 0 amide bonds. The summed E-state index contributed by atoms with van der Waals surface area (Å²) >= 11 is 5.96. The summed E-state index contributed by atoms with van der Waals surface area (Å²) in [4.78, 5) is 0. The molecule has 1 aliphatic rings. The minimum Gasteiger partial charge on any atom is -0.489 e. The van der Waals surface area contributed by atoms with Gasteiger partial charge in [0, 0.05) is 0 Å². The molecule has 2 nitrogen and oxygen atoms in total. The van der Waals surface area contributed by atoms with E-state index in [1.165, 1.54) is 6.42 Å². The summed E-state index contributed by atoms with van der Waals surface area (Å²) in [6, 6.07) is 7.16. The fourth-order valence-electron chi connectivity index (χ4n) is 1.33. The zero-order valence-corrected chi connectivity index (χ0v) is 8.42. The maximum absolute atomic E-state index is 8.64. The van der Waals surface area contributed by atoms with Gasteiger partial charge in [-0.05, 0) is 37.5 Å². The summed E-state index contributed by atoms with van der Waals surface area (Å²) in [5.74, 6) is 0.690. The first kappa shape index (κ1) is 9.36. The second-order valence-corrected chi connectivity index (χ2v) is 3.83. The number of benzene rings is 1. The molecule has 0 unspecified atom stereocenters. The number of halogens is 1. The Morgan fingerprint density at radius 3 is 2.71 bits per heavy atom. The van der Waals surface area contributed by atoms with Gasteiger partial charge in [-0.3, -0.25) is 0 Å². The van der Waals surface area contributed by atoms with Gasteiger partial charge in [-0.1, -0.05) is 11.6 Å². The zero-order chi connectivity index (χ0) is 9.97. The van der Waals surface area contributed by atoms with Crippen LogP contribution < -0.4 is 4.74 Å². The van der Waals surface area contributed by atoms with Crippen LogP contribution in [0.2, 0.25) is 5.02 Å². The van der Waals surface area contributed by atoms with Crippen LogP contribution in [-0.2, 0) is 0 Å². The van der Waals surface area contributed by atoms with Crippen molar-refractivity contribution in [3.05, 3.63) is 28.8 Å². The van der Waals surface area contributed by atoms with Gasteiger partial charge in [0.15, 0.2) is 0 Å². The monoisotopic (exact) mass is 207 g/mol. The molecule has 0 saturated heterocycles. The maximum Gasteiger partial charge on any atom is 0.138 e. The number of ether oxygens (including phenoxy) is 1. The van der Waals surface area contributed by atoms with E-state index in [2.05, 4.69) is 0 Å². The normalized spacial score (nSPS) is 15.7. The standard InChI is InChI=1S/C11H10ClNO/c12-10-6-8(7-13)4-5-11(10)14-9-2-1-3-9/h4-6,9H,1-3H2. The molecule has 14 heavy (non-hydrogen) atoms. The van der Waals surface area contributed by atoms with Crippen LogP contribution >= 0.6 is 11.6 Å². The van der Waals surface area contributed by atoms with Crippen molar-refractivity contribution in [1.82, 2.24) is 0 Å². The second kappa shape index (κ2) is 3.89. The first-order valence-corrected chi connectivity index (χ1v) is 5.03. The van der Waals surface area contributed by atoms with E-state index in [0.29, 0.717) is 22.4 Å². The highest BCUT2D eigenvalue weighted by Gasteiger charge is 2.19. The van der Waals surface area contributed by atoms with Gasteiger partial charge in [0.2, 0.25) is 0 Å². The largest absolute Gasteiger partial charge is 0.489 e. The van der Waals surface area contributed by atoms with Crippen LogP contribution in [0.4, 0.5) is 0 Å². The average Bonchev–Trinajstić information content (AvgIpc) is 2.13. The van der Waals surface area contributed by atoms with Crippen molar-refractivity contribution in [3.63, 3.8) is 0 Å². The molecule has 3 heteroatoms. The fourth-order valence-corrected chi connectivity index (χ4v) is 1.56. The molecular formula is C11H10ClNO. The predicted molar refractivity (Wildman–Crippen MR) is 54.4 cm³/mol. The van der Waals surface area contributed by atoms with Gasteiger partial charge in [-0.25, -0.2) is 0 Å². The van der Waals surface area contributed by atoms with Gasteiger partial charge >= 0.3 is 0 Å². The van der Waals surface area contributed by atoms with Crippen molar-refractivity contribution >= 4 is 11.6 Å². The SMILES string of the molecule is N#Cc1ccc(OC2CCC2)c(Cl)c1. The molecule has 0 aromatic heterocycles. The minimum atomic E-state index is 0.320. The summed E-state index contributed by atoms with van der Waals surface area (Å²) in [5, 5.41) is 9.17. The number of rotatable bonds is 2. The van der Waals surface area contributed by atoms with E-state index in [1.54, 1.807) is 18.2 Å². The Bertz CT molecular complexity index is 379. The molecule has 0 N–H and O–H groups in total. The fraction of sp³-hybridized carbons (Fsp3) is 0.364. The lowest BCUT2D eigenvalue weighted by Gasteiger charge is -2.26. The van der Waals surface area contributed by atoms with Gasteiger partial charge in [0.05, 0.1) is 22.8 Å². The Kier molecular flexibility index (Phi) is 2.60. The van der Waals surface area contributed by atoms with E-state index < -0.39 is 0 Å². The predicted octanol–water partition coefficient (Wildman–Crippen LogP) is 3.14. The van der Waals surface area contributed by atoms with Crippen molar-refractivity contribution in [2.75, 3.05) is 0 Å². The Balaban J connectivity index is 2.14. The molecule has 0 spiro atoms. The van der Waals surface area contributed by atoms with Crippen molar-refractivity contribution < 1.29 is 4.74 Å². The van der Waals surface area contributed by atoms with Crippen molar-refractivity contribution in [3.8, 4) is 11.8 Å². The maximum atomic E-state index is 8.64. The van der Waals surface area contributed by atoms with Crippen LogP contribution in [0.15, 0.2) is 18.2 Å². The smallest absolute Gasteiger partial charge is 0.138 e. The Morgan fingerprint density at radius 2 is 2.21 bits per heavy atom. The van der Waals surface area contributed by atoms with Crippen molar-refractivity contribution in [2.24, 2.45) is 0 Å². The average molecular weight is 208 g/mol. The lowest BCUT2D eigenvalue weighted by molar-refractivity contribution is 0.120. The van der Waals surface area contributed by atoms with E-state index in [0.717, 1.165) is 12.8 Å². The lowest BCUT2D eigenvalue weighted by Crippen LogP contribution is -2.24. The van der Waals surface area contributed by atoms with E-state index >= 15 is 0 Å². The Morgan fingerprint density at radius 1 is 1.43 bits per heavy atom. The number of hydrogen-bond donors (Lipinski definition) is 0. The Labute approximate surface area is 88.1 Å². The van der Waals surface area contributed by atoms with Crippen LogP contribution in [0.5, 0.6) is 5.75 Å². The van der Waals surface area contributed by atoms with E-state index in [-0.39, 0.29) is 0 Å². The molecule has 0 aliphatic heterocycles. The second-order valence-electron chi connectivity index (χ2n) is 3.43. The van der Waals surface area contributed by atoms with E-state index in [1.807, 2.05) is 6.07 Å². The molecule has 72 valence electrons. The molecule has 0 atom stereocenters. The summed E-state index contributed by atoms with van der Waals surface area (Å²) in [5.41, 5.74) is 0.566. The first-order chi connectivity index (χ1) is 6.79. The molecule has 0 radical (unpaired) electrons. The highest BCUT2D eigenvalue weighted by atomic mass is 35.5. The molecule has 1 aromatic rings. The first-order valence-electron chi connectivity index (χ1n) is 4.66. The van der Waals surface area contributed by atoms with Crippen LogP contribution in [0.3, 0.4) is 0 Å². The number of nitriles is 1. The van der Waals surface area contributed by atoms with Crippen LogP contribution in [0.25, 0.3) is 0 Å². The highest BCUT2D eigenvalue weighted by molar-refractivity contribution is 6.32. The minimum absolute atomic E-state index is 0.320. The number of nitrogens with zero attached hydrogens (tertiary/aromatic N) is 1. The molecule has 1 aliphatic carbocycles. The topological polar surface area (TPSA) is 33.0 Å². The third-order valence-corrected chi connectivity index (χ3v) is 2.70. The zero-order valence-electron chi connectivity index (χ0n) is 7.66. The van der Waals surface area contributed by atoms with E-state index in [4.69, 9.17) is 21.6 Å². The summed E-state index contributed by atoms with van der Waals surface area (Å²) in [6.45, 7) is 0. The molecule has 1 aromatic carbocycles. The Hall–Kier alpha value is -1.20. The third kappa shape index (κ3) is 1.83. The lowest BCUT2D eigenvalue weighted by atomic mass is 9.96. The molecule has 1 fully saturated rings. The number of hydrogen-bond acceptors (Lipinski definition) is 2. The molecule has 0 bridgehead atoms. The summed E-state index contributed by atoms with van der Waals surface area (Å²) in [7, 11) is 0. The van der Waals surface area contributed by atoms with E-state index in [9.17, 15) is 0 Å². The van der Waals surface area contributed by atoms with Crippen LogP contribution in [0.1, 0.15) is 24.8 Å². The molecule has 1 saturated carbocycles. The summed E-state index contributed by atoms with van der Waals surface area (Å²) in [6.07, 6.45) is 3.77. The molecular weight excluding hydrogens is 198 g/mol. The van der Waals surface area contributed by atoms with Gasteiger partial charge in [0.1, 0.15) is 5.75 Å². The van der Waals surface area contributed by atoms with Crippen LogP contribution in [-0.4, -0.2) is 6.10 Å². The summed E-state index contributed by atoms with van der Waals surface area (Å²) < 4.78 is 5.64. The van der Waals surface area contributed by atoms with Crippen molar-refractivity contribution in [2.45, 2.75) is 25.4 Å². The third-order valence-electron chi connectivity index (χ3n) is 2.41. The van der Waals surface area contributed by atoms with Gasteiger partial charge in [0.25, 0.3) is 0 Å². The van der Waals surface area contributed by atoms with Gasteiger partial charge < -0.3 is 4.74 Å². The highest BCUT2D eigenvalue weighted by Crippen LogP contribution is 2.30. The molecule has 2 rings (SSSR count). The molecule has 0 heterocycles. The van der Waals surface area contributed by atoms with Gasteiger partial charge in [-0.2, -0.15) is 5.26 Å². The van der Waals surface area contributed by atoms with Gasteiger partial charge in [-0.15, -0.1) is 0 Å². The van der Waals surface area contributed by atoms with Crippen LogP contribution in [0, 0.1) is 11.3 Å².